The number of hydrogen-bond acceptors (Lipinski definition) is 3. The second-order valence-corrected chi connectivity index (χ2v) is 5.03. The fraction of sp³-hybridized carbons (Fsp3) is 0.462. The van der Waals surface area contributed by atoms with Crippen LogP contribution in [0.5, 0.6) is 0 Å². The van der Waals surface area contributed by atoms with Crippen molar-refractivity contribution in [2.75, 3.05) is 5.32 Å². The van der Waals surface area contributed by atoms with Crippen molar-refractivity contribution in [3.05, 3.63) is 29.6 Å². The van der Waals surface area contributed by atoms with Gasteiger partial charge in [0.2, 0.25) is 0 Å². The van der Waals surface area contributed by atoms with Gasteiger partial charge < -0.3 is 9.84 Å². The largest absolute Gasteiger partial charge is 0.444 e. The van der Waals surface area contributed by atoms with Gasteiger partial charge in [0.1, 0.15) is 11.4 Å². The van der Waals surface area contributed by atoms with Gasteiger partial charge in [-0.1, -0.05) is 0 Å². The molecule has 1 amide bonds. The monoisotopic (exact) mass is 255 g/mol. The maximum absolute atomic E-state index is 13.1. The summed E-state index contributed by atoms with van der Waals surface area (Å²) in [4.78, 5) is 11.6. The molecule has 0 saturated carbocycles. The zero-order valence-electron chi connectivity index (χ0n) is 11.0. The third-order valence-corrected chi connectivity index (χ3v) is 2.10. The summed E-state index contributed by atoms with van der Waals surface area (Å²) in [6.45, 7) is 6.72. The molecule has 0 fully saturated rings. The molecule has 0 aliphatic heterocycles. The number of anilines is 1. The highest BCUT2D eigenvalue weighted by Gasteiger charge is 2.18. The number of aliphatic hydroxyl groups excluding tert-OH is 1. The van der Waals surface area contributed by atoms with Gasteiger partial charge in [0.25, 0.3) is 0 Å². The van der Waals surface area contributed by atoms with E-state index in [0.717, 1.165) is 0 Å². The number of halogens is 1. The fourth-order valence-electron chi connectivity index (χ4n) is 1.41. The summed E-state index contributed by atoms with van der Waals surface area (Å²) < 4.78 is 18.1. The van der Waals surface area contributed by atoms with E-state index in [9.17, 15) is 14.3 Å². The van der Waals surface area contributed by atoms with Crippen molar-refractivity contribution >= 4 is 11.8 Å². The first-order valence-electron chi connectivity index (χ1n) is 5.66. The molecule has 1 aromatic rings. The zero-order valence-corrected chi connectivity index (χ0v) is 11.0. The molecule has 1 aromatic carbocycles. The highest BCUT2D eigenvalue weighted by Crippen LogP contribution is 2.24. The average molecular weight is 255 g/mol. The van der Waals surface area contributed by atoms with Crippen LogP contribution in [-0.2, 0) is 4.74 Å². The van der Waals surface area contributed by atoms with Gasteiger partial charge in [0, 0.05) is 11.3 Å². The lowest BCUT2D eigenvalue weighted by molar-refractivity contribution is 0.0635. The third kappa shape index (κ3) is 4.33. The summed E-state index contributed by atoms with van der Waals surface area (Å²) in [5.74, 6) is -0.472. The van der Waals surface area contributed by atoms with E-state index >= 15 is 0 Å². The van der Waals surface area contributed by atoms with E-state index in [2.05, 4.69) is 5.32 Å². The molecular weight excluding hydrogens is 237 g/mol. The Balaban J connectivity index is 2.88. The Morgan fingerprint density at radius 3 is 2.56 bits per heavy atom. The molecule has 1 atom stereocenters. The van der Waals surface area contributed by atoms with E-state index in [1.54, 1.807) is 20.8 Å². The molecule has 0 spiro atoms. The summed E-state index contributed by atoms with van der Waals surface area (Å²) in [6, 6.07) is 3.78. The molecule has 1 rings (SSSR count). The van der Waals surface area contributed by atoms with Gasteiger partial charge in [0.15, 0.2) is 0 Å². The minimum Gasteiger partial charge on any atom is -0.444 e. The number of ether oxygens (including phenoxy) is 1. The van der Waals surface area contributed by atoms with Gasteiger partial charge in [0.05, 0.1) is 6.10 Å². The van der Waals surface area contributed by atoms with Crippen LogP contribution in [0.1, 0.15) is 39.4 Å². The Morgan fingerprint density at radius 1 is 1.44 bits per heavy atom. The molecule has 5 heteroatoms. The van der Waals surface area contributed by atoms with Gasteiger partial charge >= 0.3 is 6.09 Å². The number of rotatable bonds is 2. The maximum atomic E-state index is 13.1. The van der Waals surface area contributed by atoms with E-state index in [0.29, 0.717) is 11.3 Å². The van der Waals surface area contributed by atoms with E-state index in [1.165, 1.54) is 25.1 Å². The molecule has 4 nitrogen and oxygen atoms in total. The highest BCUT2D eigenvalue weighted by molar-refractivity contribution is 5.86. The van der Waals surface area contributed by atoms with Crippen LogP contribution in [0.2, 0.25) is 0 Å². The number of aliphatic hydroxyl groups is 1. The first kappa shape index (κ1) is 14.4. The SMILES string of the molecule is C[C@H](O)c1cc(F)ccc1NC(=O)OC(C)(C)C. The Morgan fingerprint density at radius 2 is 2.06 bits per heavy atom. The maximum Gasteiger partial charge on any atom is 0.412 e. The van der Waals surface area contributed by atoms with Gasteiger partial charge in [-0.2, -0.15) is 0 Å². The number of amides is 1. The summed E-state index contributed by atoms with van der Waals surface area (Å²) in [5, 5.41) is 12.0. The summed E-state index contributed by atoms with van der Waals surface area (Å²) >= 11 is 0. The van der Waals surface area contributed by atoms with Crippen LogP contribution in [0.3, 0.4) is 0 Å². The van der Waals surface area contributed by atoms with Gasteiger partial charge in [-0.15, -0.1) is 0 Å². The molecule has 2 N–H and O–H groups in total. The first-order valence-corrected chi connectivity index (χ1v) is 5.66. The van der Waals surface area contributed by atoms with E-state index < -0.39 is 23.6 Å². The second-order valence-electron chi connectivity index (χ2n) is 5.03. The van der Waals surface area contributed by atoms with Crippen LogP contribution in [0.4, 0.5) is 14.9 Å². The van der Waals surface area contributed by atoms with E-state index in [1.807, 2.05) is 0 Å². The molecule has 100 valence electrons. The number of benzene rings is 1. The molecule has 0 unspecified atom stereocenters. The van der Waals surface area contributed by atoms with Crippen LogP contribution < -0.4 is 5.32 Å². The summed E-state index contributed by atoms with van der Waals surface area (Å²) in [7, 11) is 0. The van der Waals surface area contributed by atoms with Gasteiger partial charge in [-0.3, -0.25) is 5.32 Å². The lowest BCUT2D eigenvalue weighted by Crippen LogP contribution is -2.27. The number of carbonyl (C=O) groups is 1. The molecule has 18 heavy (non-hydrogen) atoms. The van der Waals surface area contributed by atoms with Crippen LogP contribution in [0.15, 0.2) is 18.2 Å². The Bertz CT molecular complexity index is 438. The smallest absolute Gasteiger partial charge is 0.412 e. The minimum atomic E-state index is -0.884. The number of carbonyl (C=O) groups excluding carboxylic acids is 1. The van der Waals surface area contributed by atoms with Crippen LogP contribution in [-0.4, -0.2) is 16.8 Å². The second kappa shape index (κ2) is 5.35. The highest BCUT2D eigenvalue weighted by atomic mass is 19.1. The quantitative estimate of drug-likeness (QED) is 0.853. The summed E-state index contributed by atoms with van der Waals surface area (Å²) in [6.07, 6.45) is -1.53. The third-order valence-electron chi connectivity index (χ3n) is 2.10. The van der Waals surface area contributed by atoms with Crippen LogP contribution in [0, 0.1) is 5.82 Å². The van der Waals surface area contributed by atoms with Gasteiger partial charge in [-0.25, -0.2) is 9.18 Å². The van der Waals surface area contributed by atoms with Crippen molar-refractivity contribution in [3.8, 4) is 0 Å². The zero-order chi connectivity index (χ0) is 13.9. The molecular formula is C13H18FNO3. The molecule has 0 aromatic heterocycles. The van der Waals surface area contributed by atoms with E-state index in [-0.39, 0.29) is 0 Å². The standard InChI is InChI=1S/C13H18FNO3/c1-8(16)10-7-9(14)5-6-11(10)15-12(17)18-13(2,3)4/h5-8,16H,1-4H3,(H,15,17)/t8-/m0/s1. The van der Waals surface area contributed by atoms with Crippen molar-refractivity contribution in [1.82, 2.24) is 0 Å². The van der Waals surface area contributed by atoms with Crippen LogP contribution >= 0.6 is 0 Å². The van der Waals surface area contributed by atoms with E-state index in [4.69, 9.17) is 4.74 Å². The molecule has 0 saturated heterocycles. The molecule has 0 aliphatic carbocycles. The Kier molecular flexibility index (Phi) is 4.29. The Labute approximate surface area is 106 Å². The first-order chi connectivity index (χ1) is 8.19. The van der Waals surface area contributed by atoms with Crippen LogP contribution in [0.25, 0.3) is 0 Å². The number of nitrogens with one attached hydrogen (secondary N) is 1. The predicted octanol–water partition coefficient (Wildman–Crippen LogP) is 3.23. The lowest BCUT2D eigenvalue weighted by atomic mass is 10.1. The van der Waals surface area contributed by atoms with Gasteiger partial charge in [-0.05, 0) is 45.9 Å². The van der Waals surface area contributed by atoms with Crippen molar-refractivity contribution in [2.45, 2.75) is 39.4 Å². The van der Waals surface area contributed by atoms with Crippen molar-refractivity contribution in [1.29, 1.82) is 0 Å². The lowest BCUT2D eigenvalue weighted by Gasteiger charge is -2.21. The normalized spacial score (nSPS) is 13.0. The Hall–Kier alpha value is -1.62. The summed E-state index contributed by atoms with van der Waals surface area (Å²) in [5.41, 5.74) is 0.0243. The predicted molar refractivity (Wildman–Crippen MR) is 66.9 cm³/mol. The fourth-order valence-corrected chi connectivity index (χ4v) is 1.41. The van der Waals surface area contributed by atoms with Crippen molar-refractivity contribution in [2.24, 2.45) is 0 Å². The van der Waals surface area contributed by atoms with Crippen molar-refractivity contribution < 1.29 is 19.0 Å². The average Bonchev–Trinajstić information content (AvgIpc) is 2.17. The van der Waals surface area contributed by atoms with Crippen molar-refractivity contribution in [3.63, 3.8) is 0 Å². The molecule has 0 radical (unpaired) electrons. The molecule has 0 bridgehead atoms. The number of hydrogen-bond donors (Lipinski definition) is 2. The molecule has 0 heterocycles. The molecule has 0 aliphatic rings. The topological polar surface area (TPSA) is 58.6 Å². The minimum absolute atomic E-state index is 0.306.